The van der Waals surface area contributed by atoms with Gasteiger partial charge in [-0.1, -0.05) is 24.3 Å². The first-order valence-corrected chi connectivity index (χ1v) is 7.23. The van der Waals surface area contributed by atoms with Gasteiger partial charge < -0.3 is 14.6 Å². The molecule has 2 aliphatic heterocycles. The lowest BCUT2D eigenvalue weighted by molar-refractivity contribution is -0.137. The summed E-state index contributed by atoms with van der Waals surface area (Å²) in [6.07, 6.45) is 1.48. The highest BCUT2D eigenvalue weighted by Crippen LogP contribution is 2.40. The Morgan fingerprint density at radius 1 is 1.25 bits per heavy atom. The molecule has 2 saturated heterocycles. The lowest BCUT2D eigenvalue weighted by Gasteiger charge is -2.50. The van der Waals surface area contributed by atoms with Crippen LogP contribution in [0.3, 0.4) is 0 Å². The van der Waals surface area contributed by atoms with E-state index < -0.39 is 5.60 Å². The highest BCUT2D eigenvalue weighted by molar-refractivity contribution is 5.28. The Kier molecular flexibility index (Phi) is 3.82. The topological polar surface area (TPSA) is 41.9 Å². The number of morpholine rings is 1. The molecule has 4 heteroatoms. The van der Waals surface area contributed by atoms with Gasteiger partial charge in [-0.2, -0.15) is 0 Å². The van der Waals surface area contributed by atoms with Crippen LogP contribution < -0.4 is 0 Å². The Morgan fingerprint density at radius 2 is 1.85 bits per heavy atom. The van der Waals surface area contributed by atoms with Crippen LogP contribution in [0.1, 0.15) is 24.0 Å². The predicted octanol–water partition coefficient (Wildman–Crippen LogP) is 1.51. The van der Waals surface area contributed by atoms with Crippen molar-refractivity contribution in [2.24, 2.45) is 0 Å². The van der Waals surface area contributed by atoms with Crippen LogP contribution in [0.5, 0.6) is 0 Å². The largest absolute Gasteiger partial charge is 0.385 e. The number of ether oxygens (including phenoxy) is 2. The van der Waals surface area contributed by atoms with Crippen molar-refractivity contribution in [3.8, 4) is 0 Å². The molecule has 0 radical (unpaired) electrons. The quantitative estimate of drug-likeness (QED) is 0.909. The Bertz CT molecular complexity index is 445. The van der Waals surface area contributed by atoms with Crippen LogP contribution in [0.4, 0.5) is 0 Å². The van der Waals surface area contributed by atoms with Crippen molar-refractivity contribution >= 4 is 0 Å². The summed E-state index contributed by atoms with van der Waals surface area (Å²) in [4.78, 5) is 2.36. The van der Waals surface area contributed by atoms with Crippen LogP contribution in [0.15, 0.2) is 24.3 Å². The van der Waals surface area contributed by atoms with Gasteiger partial charge in [-0.25, -0.2) is 0 Å². The second-order valence-corrected chi connectivity index (χ2v) is 6.08. The first kappa shape index (κ1) is 14.0. The minimum absolute atomic E-state index is 0.311. The first-order chi connectivity index (χ1) is 9.62. The highest BCUT2D eigenvalue weighted by Gasteiger charge is 2.45. The normalized spacial score (nSPS) is 34.1. The number of likely N-dealkylation sites (N-methyl/N-ethyl adjacent to an activating group) is 1. The van der Waals surface area contributed by atoms with E-state index in [1.165, 1.54) is 0 Å². The fourth-order valence-corrected chi connectivity index (χ4v) is 3.46. The summed E-state index contributed by atoms with van der Waals surface area (Å²) < 4.78 is 10.7. The van der Waals surface area contributed by atoms with Crippen LogP contribution in [0.25, 0.3) is 0 Å². The van der Waals surface area contributed by atoms with Crippen molar-refractivity contribution in [2.45, 2.75) is 37.1 Å². The van der Waals surface area contributed by atoms with Crippen LogP contribution in [-0.4, -0.2) is 49.5 Å². The first-order valence-electron chi connectivity index (χ1n) is 7.23. The molecule has 4 nitrogen and oxygen atoms in total. The zero-order chi connectivity index (χ0) is 14.2. The summed E-state index contributed by atoms with van der Waals surface area (Å²) in [6.45, 7) is 2.05. The molecule has 2 bridgehead atoms. The fraction of sp³-hybridized carbons (Fsp3) is 0.625. The van der Waals surface area contributed by atoms with E-state index in [1.807, 2.05) is 24.3 Å². The van der Waals surface area contributed by atoms with Crippen molar-refractivity contribution in [1.82, 2.24) is 4.90 Å². The molecule has 2 atom stereocenters. The van der Waals surface area contributed by atoms with Crippen LogP contribution in [-0.2, 0) is 21.7 Å². The van der Waals surface area contributed by atoms with Gasteiger partial charge in [0.2, 0.25) is 0 Å². The number of benzene rings is 1. The lowest BCUT2D eigenvalue weighted by Crippen LogP contribution is -2.59. The van der Waals surface area contributed by atoms with Gasteiger partial charge in [0.05, 0.1) is 25.4 Å². The summed E-state index contributed by atoms with van der Waals surface area (Å²) in [5.41, 5.74) is 1.43. The maximum atomic E-state index is 11.1. The van der Waals surface area contributed by atoms with Crippen molar-refractivity contribution in [3.05, 3.63) is 35.4 Å². The molecular weight excluding hydrogens is 254 g/mol. The lowest BCUT2D eigenvalue weighted by atomic mass is 9.77. The van der Waals surface area contributed by atoms with Crippen molar-refractivity contribution in [3.63, 3.8) is 0 Å². The molecule has 0 aliphatic carbocycles. The van der Waals surface area contributed by atoms with Gasteiger partial charge in [-0.3, -0.25) is 4.90 Å². The molecule has 0 saturated carbocycles. The molecule has 1 aromatic carbocycles. The van der Waals surface area contributed by atoms with Gasteiger partial charge in [-0.15, -0.1) is 0 Å². The van der Waals surface area contributed by atoms with Crippen LogP contribution >= 0.6 is 0 Å². The van der Waals surface area contributed by atoms with E-state index in [1.54, 1.807) is 7.11 Å². The van der Waals surface area contributed by atoms with E-state index in [4.69, 9.17) is 9.47 Å². The molecule has 0 spiro atoms. The average Bonchev–Trinajstić information content (AvgIpc) is 2.42. The molecule has 3 rings (SSSR count). The molecule has 0 aromatic heterocycles. The third kappa shape index (κ3) is 2.49. The van der Waals surface area contributed by atoms with E-state index >= 15 is 0 Å². The Balaban J connectivity index is 1.81. The smallest absolute Gasteiger partial charge is 0.0928 e. The Morgan fingerprint density at radius 3 is 2.40 bits per heavy atom. The monoisotopic (exact) mass is 277 g/mol. The molecule has 2 aliphatic rings. The minimum atomic E-state index is -0.725. The summed E-state index contributed by atoms with van der Waals surface area (Å²) in [7, 11) is 3.83. The number of hydrogen-bond acceptors (Lipinski definition) is 4. The fourth-order valence-electron chi connectivity index (χ4n) is 3.46. The molecule has 2 fully saturated rings. The number of fused-ring (bicyclic) bond motifs is 2. The Hall–Kier alpha value is -0.940. The zero-order valence-electron chi connectivity index (χ0n) is 12.2. The van der Waals surface area contributed by atoms with Crippen molar-refractivity contribution in [2.75, 3.05) is 27.4 Å². The van der Waals surface area contributed by atoms with Crippen LogP contribution in [0, 0.1) is 0 Å². The van der Waals surface area contributed by atoms with Gasteiger partial charge in [0.15, 0.2) is 0 Å². The predicted molar refractivity (Wildman–Crippen MR) is 76.4 cm³/mol. The van der Waals surface area contributed by atoms with Gasteiger partial charge in [0.1, 0.15) is 0 Å². The molecule has 2 heterocycles. The highest BCUT2D eigenvalue weighted by atomic mass is 16.5. The molecule has 1 N–H and O–H groups in total. The second kappa shape index (κ2) is 5.45. The summed E-state index contributed by atoms with van der Waals surface area (Å²) in [6, 6.07) is 8.78. The number of piperidine rings is 1. The van der Waals surface area contributed by atoms with Crippen molar-refractivity contribution < 1.29 is 14.6 Å². The van der Waals surface area contributed by atoms with Gasteiger partial charge in [0, 0.05) is 19.2 Å². The number of hydrogen-bond donors (Lipinski definition) is 1. The van der Waals surface area contributed by atoms with E-state index in [0.29, 0.717) is 18.7 Å². The van der Waals surface area contributed by atoms with E-state index in [9.17, 15) is 5.11 Å². The molecule has 1 aromatic rings. The number of rotatable bonds is 3. The minimum Gasteiger partial charge on any atom is -0.385 e. The van der Waals surface area contributed by atoms with Gasteiger partial charge >= 0.3 is 0 Å². The number of aliphatic hydroxyl groups is 1. The standard InChI is InChI=1S/C16H23NO3/c1-17-14-7-16(18,8-15(17)11-20-10-14)13-5-3-12(4-6-13)9-19-2/h3-6,14-15,18H,7-11H2,1-2H3. The average molecular weight is 277 g/mol. The second-order valence-electron chi connectivity index (χ2n) is 6.08. The third-order valence-corrected chi connectivity index (χ3v) is 4.72. The maximum Gasteiger partial charge on any atom is 0.0928 e. The van der Waals surface area contributed by atoms with Crippen LogP contribution in [0.2, 0.25) is 0 Å². The van der Waals surface area contributed by atoms with E-state index in [0.717, 1.165) is 37.2 Å². The molecule has 110 valence electrons. The summed E-state index contributed by atoms with van der Waals surface area (Å²) in [5, 5.41) is 11.1. The zero-order valence-corrected chi connectivity index (χ0v) is 12.2. The molecule has 20 heavy (non-hydrogen) atoms. The van der Waals surface area contributed by atoms with E-state index in [2.05, 4.69) is 11.9 Å². The molecular formula is C16H23NO3. The number of methoxy groups -OCH3 is 1. The van der Waals surface area contributed by atoms with E-state index in [-0.39, 0.29) is 0 Å². The third-order valence-electron chi connectivity index (χ3n) is 4.72. The van der Waals surface area contributed by atoms with Crippen molar-refractivity contribution in [1.29, 1.82) is 0 Å². The summed E-state index contributed by atoms with van der Waals surface area (Å²) >= 11 is 0. The molecule has 2 unspecified atom stereocenters. The van der Waals surface area contributed by atoms with Gasteiger partial charge in [-0.05, 0) is 31.0 Å². The number of nitrogens with zero attached hydrogens (tertiary/aromatic N) is 1. The molecule has 0 amide bonds. The maximum absolute atomic E-state index is 11.1. The summed E-state index contributed by atoms with van der Waals surface area (Å²) in [5.74, 6) is 0. The SMILES string of the molecule is COCc1ccc(C2(O)CC3COCC(C2)N3C)cc1. The van der Waals surface area contributed by atoms with Gasteiger partial charge in [0.25, 0.3) is 0 Å². The Labute approximate surface area is 120 Å².